The van der Waals surface area contributed by atoms with Crippen LogP contribution in [0, 0.1) is 5.41 Å². The highest BCUT2D eigenvalue weighted by atomic mass is 16.2. The minimum Gasteiger partial charge on any atom is -0.325 e. The van der Waals surface area contributed by atoms with Crippen molar-refractivity contribution in [2.45, 2.75) is 52.9 Å². The molecular weight excluding hydrogens is 320 g/mol. The van der Waals surface area contributed by atoms with Crippen LogP contribution in [0.3, 0.4) is 0 Å². The molecule has 1 amide bonds. The molecule has 1 N–H and O–H groups in total. The highest BCUT2D eigenvalue weighted by Crippen LogP contribution is 2.36. The summed E-state index contributed by atoms with van der Waals surface area (Å²) in [6.45, 7) is 11.8. The third-order valence-corrected chi connectivity index (χ3v) is 4.58. The number of rotatable bonds is 7. The number of aromatic nitrogens is 1. The Morgan fingerprint density at radius 1 is 1.19 bits per heavy atom. The molecule has 0 aliphatic carbocycles. The van der Waals surface area contributed by atoms with Gasteiger partial charge in [-0.1, -0.05) is 58.0 Å². The van der Waals surface area contributed by atoms with Crippen molar-refractivity contribution in [2.75, 3.05) is 5.32 Å². The number of nitrogens with zero attached hydrogens (tertiary/aromatic N) is 1. The van der Waals surface area contributed by atoms with Gasteiger partial charge in [-0.2, -0.15) is 0 Å². The molecule has 0 radical (unpaired) electrons. The van der Waals surface area contributed by atoms with E-state index in [1.807, 2.05) is 57.3 Å². The van der Waals surface area contributed by atoms with Gasteiger partial charge >= 0.3 is 0 Å². The van der Waals surface area contributed by atoms with Crippen molar-refractivity contribution in [3.63, 3.8) is 0 Å². The fourth-order valence-electron chi connectivity index (χ4n) is 2.96. The highest BCUT2D eigenvalue weighted by molar-refractivity contribution is 5.98. The Labute approximate surface area is 157 Å². The molecular formula is C23H30N2O. The molecule has 0 aliphatic rings. The molecule has 3 nitrogen and oxygen atoms in total. The second-order valence-electron chi connectivity index (χ2n) is 7.66. The van der Waals surface area contributed by atoms with Crippen LogP contribution in [0.5, 0.6) is 0 Å². The van der Waals surface area contributed by atoms with Gasteiger partial charge < -0.3 is 5.32 Å². The van der Waals surface area contributed by atoms with Crippen LogP contribution in [-0.4, -0.2) is 10.9 Å². The molecule has 2 rings (SSSR count). The first-order valence-electron chi connectivity index (χ1n) is 9.35. The van der Waals surface area contributed by atoms with Gasteiger partial charge in [0.25, 0.3) is 0 Å². The first-order chi connectivity index (χ1) is 12.4. The van der Waals surface area contributed by atoms with Crippen molar-refractivity contribution in [1.82, 2.24) is 4.98 Å². The molecule has 0 spiro atoms. The van der Waals surface area contributed by atoms with Crippen molar-refractivity contribution >= 4 is 11.6 Å². The molecule has 3 heteroatoms. The van der Waals surface area contributed by atoms with Crippen molar-refractivity contribution in [1.29, 1.82) is 0 Å². The van der Waals surface area contributed by atoms with Crippen LogP contribution < -0.4 is 5.32 Å². The molecule has 2 aromatic rings. The molecule has 26 heavy (non-hydrogen) atoms. The second kappa shape index (κ2) is 8.79. The van der Waals surface area contributed by atoms with E-state index in [-0.39, 0.29) is 5.91 Å². The third-order valence-electron chi connectivity index (χ3n) is 4.58. The first-order valence-corrected chi connectivity index (χ1v) is 9.35. The van der Waals surface area contributed by atoms with E-state index >= 15 is 0 Å². The standard InChI is InChI=1S/C23H30N2O/c1-6-8-12-17(7-2)21-19(14-11-16-24-21)18-13-9-10-15-20(18)25-22(26)23(3,4)5/h6,9-11,13-17H,1,7-8,12H2,2-5H3,(H,25,26). The van der Waals surface area contributed by atoms with E-state index in [1.165, 1.54) is 0 Å². The average Bonchev–Trinajstić information content (AvgIpc) is 2.62. The maximum absolute atomic E-state index is 12.5. The lowest BCUT2D eigenvalue weighted by atomic mass is 9.89. The van der Waals surface area contributed by atoms with Crippen molar-refractivity contribution in [3.05, 3.63) is 60.9 Å². The van der Waals surface area contributed by atoms with E-state index in [4.69, 9.17) is 4.98 Å². The predicted molar refractivity (Wildman–Crippen MR) is 110 cm³/mol. The largest absolute Gasteiger partial charge is 0.325 e. The van der Waals surface area contributed by atoms with Gasteiger partial charge in [0.1, 0.15) is 0 Å². The van der Waals surface area contributed by atoms with E-state index in [0.29, 0.717) is 5.92 Å². The molecule has 0 saturated carbocycles. The molecule has 0 saturated heterocycles. The Hall–Kier alpha value is -2.42. The number of para-hydroxylation sites is 1. The summed E-state index contributed by atoms with van der Waals surface area (Å²) in [5.41, 5.74) is 3.59. The van der Waals surface area contributed by atoms with Crippen molar-refractivity contribution in [2.24, 2.45) is 5.41 Å². The number of allylic oxidation sites excluding steroid dienone is 1. The molecule has 1 heterocycles. The van der Waals surface area contributed by atoms with Gasteiger partial charge in [-0.05, 0) is 31.4 Å². The minimum absolute atomic E-state index is 0.00842. The number of carbonyl (C=O) groups excluding carboxylic acids is 1. The fraction of sp³-hybridized carbons (Fsp3) is 0.391. The summed E-state index contributed by atoms with van der Waals surface area (Å²) in [6, 6.07) is 12.0. The van der Waals surface area contributed by atoms with Gasteiger partial charge in [0.05, 0.1) is 5.69 Å². The summed E-state index contributed by atoms with van der Waals surface area (Å²) in [4.78, 5) is 17.2. The first kappa shape index (κ1) is 19.9. The lowest BCUT2D eigenvalue weighted by Gasteiger charge is -2.22. The van der Waals surface area contributed by atoms with Crippen molar-refractivity contribution in [3.8, 4) is 11.1 Å². The molecule has 1 unspecified atom stereocenters. The van der Waals surface area contributed by atoms with Gasteiger partial charge in [-0.15, -0.1) is 6.58 Å². The summed E-state index contributed by atoms with van der Waals surface area (Å²) in [6.07, 6.45) is 6.83. The predicted octanol–water partition coefficient (Wildman–Crippen LogP) is 6.19. The highest BCUT2D eigenvalue weighted by Gasteiger charge is 2.23. The van der Waals surface area contributed by atoms with Crippen LogP contribution in [-0.2, 0) is 4.79 Å². The van der Waals surface area contributed by atoms with E-state index in [1.54, 1.807) is 0 Å². The number of hydrogen-bond donors (Lipinski definition) is 1. The quantitative estimate of drug-likeness (QED) is 0.605. The maximum Gasteiger partial charge on any atom is 0.229 e. The molecule has 1 aromatic carbocycles. The Morgan fingerprint density at radius 2 is 1.88 bits per heavy atom. The van der Waals surface area contributed by atoms with Crippen LogP contribution in [0.1, 0.15) is 58.6 Å². The van der Waals surface area contributed by atoms with E-state index < -0.39 is 5.41 Å². The SMILES string of the molecule is C=CCCC(CC)c1ncccc1-c1ccccc1NC(=O)C(C)(C)C. The zero-order valence-corrected chi connectivity index (χ0v) is 16.4. The minimum atomic E-state index is -0.444. The summed E-state index contributed by atoms with van der Waals surface area (Å²) < 4.78 is 0. The summed E-state index contributed by atoms with van der Waals surface area (Å²) in [5.74, 6) is 0.379. The van der Waals surface area contributed by atoms with Gasteiger partial charge in [0.15, 0.2) is 0 Å². The smallest absolute Gasteiger partial charge is 0.229 e. The molecule has 1 aromatic heterocycles. The zero-order valence-electron chi connectivity index (χ0n) is 16.4. The van der Waals surface area contributed by atoms with Crippen molar-refractivity contribution < 1.29 is 4.79 Å². The van der Waals surface area contributed by atoms with E-state index in [2.05, 4.69) is 31.0 Å². The Kier molecular flexibility index (Phi) is 6.73. The second-order valence-corrected chi connectivity index (χ2v) is 7.66. The lowest BCUT2D eigenvalue weighted by Crippen LogP contribution is -2.27. The third kappa shape index (κ3) is 4.81. The monoisotopic (exact) mass is 350 g/mol. The molecule has 138 valence electrons. The van der Waals surface area contributed by atoms with Gasteiger partial charge in [-0.3, -0.25) is 9.78 Å². The number of nitrogens with one attached hydrogen (secondary N) is 1. The molecule has 0 fully saturated rings. The number of hydrogen-bond acceptors (Lipinski definition) is 2. The normalized spacial score (nSPS) is 12.5. The maximum atomic E-state index is 12.5. The summed E-state index contributed by atoms with van der Waals surface area (Å²) >= 11 is 0. The Balaban J connectivity index is 2.46. The van der Waals surface area contributed by atoms with Crippen LogP contribution in [0.2, 0.25) is 0 Å². The van der Waals surface area contributed by atoms with Gasteiger partial charge in [-0.25, -0.2) is 0 Å². The van der Waals surface area contributed by atoms with Crippen LogP contribution >= 0.6 is 0 Å². The molecule has 1 atom stereocenters. The van der Waals surface area contributed by atoms with Gasteiger partial charge in [0.2, 0.25) is 5.91 Å². The van der Waals surface area contributed by atoms with E-state index in [0.717, 1.165) is 41.8 Å². The molecule has 0 bridgehead atoms. The topological polar surface area (TPSA) is 42.0 Å². The lowest BCUT2D eigenvalue weighted by molar-refractivity contribution is -0.123. The average molecular weight is 351 g/mol. The Morgan fingerprint density at radius 3 is 2.54 bits per heavy atom. The Bertz CT molecular complexity index is 759. The number of pyridine rings is 1. The summed E-state index contributed by atoms with van der Waals surface area (Å²) in [5, 5.41) is 3.09. The summed E-state index contributed by atoms with van der Waals surface area (Å²) in [7, 11) is 0. The number of carbonyl (C=O) groups is 1. The van der Waals surface area contributed by atoms with Crippen LogP contribution in [0.15, 0.2) is 55.3 Å². The van der Waals surface area contributed by atoms with Crippen LogP contribution in [0.4, 0.5) is 5.69 Å². The number of anilines is 1. The van der Waals surface area contributed by atoms with Crippen LogP contribution in [0.25, 0.3) is 11.1 Å². The van der Waals surface area contributed by atoms with E-state index in [9.17, 15) is 4.79 Å². The van der Waals surface area contributed by atoms with Gasteiger partial charge in [0, 0.05) is 34.3 Å². The number of benzene rings is 1. The fourth-order valence-corrected chi connectivity index (χ4v) is 2.96. The molecule has 0 aliphatic heterocycles. The zero-order chi connectivity index (χ0) is 19.2. The number of amides is 1.